The molecule has 0 bridgehead atoms. The molecule has 0 atom stereocenters. The fourth-order valence-corrected chi connectivity index (χ4v) is 15.4. The van der Waals surface area contributed by atoms with E-state index < -0.39 is 0 Å². The second-order valence-corrected chi connectivity index (χ2v) is 18.5. The van der Waals surface area contributed by atoms with Crippen LogP contribution in [0.2, 0.25) is 0 Å². The summed E-state index contributed by atoms with van der Waals surface area (Å²) in [5, 5.41) is 13.4. The summed E-state index contributed by atoms with van der Waals surface area (Å²) in [6.45, 7) is 4.45. The van der Waals surface area contributed by atoms with Gasteiger partial charge in [-0.05, 0) is 0 Å². The molecule has 0 radical (unpaired) electrons. The van der Waals surface area contributed by atoms with Gasteiger partial charge in [-0.1, -0.05) is 0 Å². The fraction of sp³-hybridized carbons (Fsp3) is 0.0833. The maximum absolute atomic E-state index is 2.33. The number of aryl methyl sites for hydroxylation is 2. The summed E-state index contributed by atoms with van der Waals surface area (Å²) >= 11 is 12.1. The zero-order valence-corrected chi connectivity index (χ0v) is 25.5. The molecule has 8 heteroatoms. The van der Waals surface area contributed by atoms with Gasteiger partial charge in [0.1, 0.15) is 0 Å². The van der Waals surface area contributed by atoms with Crippen LogP contribution >= 0.6 is 70.6 Å². The third-order valence-corrected chi connectivity index (χ3v) is 18.6. The first-order valence-corrected chi connectivity index (χ1v) is 18.4. The molecule has 0 aliphatic carbocycles. The van der Waals surface area contributed by atoms with Gasteiger partial charge in [0.15, 0.2) is 0 Å². The second-order valence-electron chi connectivity index (χ2n) is 6.88. The average Bonchev–Trinajstić information content (AvgIpc) is 3.59. The van der Waals surface area contributed by atoms with Gasteiger partial charge in [-0.25, -0.2) is 0 Å². The molecule has 0 aromatic heterocycles. The van der Waals surface area contributed by atoms with Crippen molar-refractivity contribution in [3.63, 3.8) is 0 Å². The maximum atomic E-state index is 2.33. The monoisotopic (exact) mass is 658 g/mol. The molecule has 5 rings (SSSR count). The Hall–Kier alpha value is 0.279. The van der Waals surface area contributed by atoms with Crippen molar-refractivity contribution in [3.05, 3.63) is 104 Å². The van der Waals surface area contributed by atoms with E-state index in [0.29, 0.717) is 29.9 Å². The Morgan fingerprint density at radius 2 is 0.969 bits per heavy atom. The normalized spacial score (nSPS) is 20.7. The van der Waals surface area contributed by atoms with Crippen molar-refractivity contribution in [1.82, 2.24) is 0 Å². The molecule has 4 aliphatic rings. The van der Waals surface area contributed by atoms with Gasteiger partial charge in [0.25, 0.3) is 0 Å². The van der Waals surface area contributed by atoms with Crippen LogP contribution in [0, 0.1) is 13.8 Å². The molecule has 0 saturated carbocycles. The van der Waals surface area contributed by atoms with Crippen molar-refractivity contribution in [2.24, 2.45) is 0 Å². The van der Waals surface area contributed by atoms with E-state index in [4.69, 9.17) is 0 Å². The Balaban J connectivity index is 1.24. The van der Waals surface area contributed by atoms with Crippen LogP contribution in [0.15, 0.2) is 81.8 Å². The van der Waals surface area contributed by atoms with E-state index in [2.05, 4.69) is 82.7 Å². The van der Waals surface area contributed by atoms with Crippen LogP contribution in [-0.2, 0) is 0 Å². The van der Waals surface area contributed by atoms with Crippen molar-refractivity contribution in [1.29, 1.82) is 0 Å². The summed E-state index contributed by atoms with van der Waals surface area (Å²) in [6, 6.07) is 4.67. The minimum absolute atomic E-state index is 0.433. The third-order valence-electron chi connectivity index (χ3n) is 4.64. The summed E-state index contributed by atoms with van der Waals surface area (Å²) < 4.78 is 8.96. The van der Waals surface area contributed by atoms with Crippen molar-refractivity contribution in [2.45, 2.75) is 13.8 Å². The van der Waals surface area contributed by atoms with Crippen LogP contribution in [0.4, 0.5) is 0 Å². The predicted octanol–water partition coefficient (Wildman–Crippen LogP) is 9.07. The topological polar surface area (TPSA) is 0 Å². The molecule has 0 amide bonds. The Kier molecular flexibility index (Phi) is 8.51. The van der Waals surface area contributed by atoms with Crippen molar-refractivity contribution < 1.29 is 0 Å². The molecule has 0 unspecified atom stereocenters. The summed E-state index contributed by atoms with van der Waals surface area (Å²) in [5.41, 5.74) is 5.32. The third kappa shape index (κ3) is 5.91. The van der Waals surface area contributed by atoms with Crippen LogP contribution in [-0.4, -0.2) is 29.9 Å². The zero-order valence-electron chi connectivity index (χ0n) is 17.2. The molecule has 1 aromatic rings. The Morgan fingerprint density at radius 1 is 0.562 bits per heavy atom. The average molecular weight is 657 g/mol. The van der Waals surface area contributed by atoms with Crippen molar-refractivity contribution in [2.75, 3.05) is 0 Å². The van der Waals surface area contributed by atoms with E-state index in [1.54, 1.807) is 7.61 Å². The van der Waals surface area contributed by atoms with Crippen LogP contribution < -0.4 is 0 Å². The minimum atomic E-state index is 0.433. The second kappa shape index (κ2) is 11.3. The molecule has 4 heterocycles. The summed E-state index contributed by atoms with van der Waals surface area (Å²) in [6.07, 6.45) is 9.24. The molecule has 0 nitrogen and oxygen atoms in total. The van der Waals surface area contributed by atoms with Gasteiger partial charge in [0.2, 0.25) is 0 Å². The van der Waals surface area contributed by atoms with Crippen LogP contribution in [0.3, 0.4) is 0 Å². The van der Waals surface area contributed by atoms with E-state index in [0.717, 1.165) is 0 Å². The molecule has 0 N–H and O–H groups in total. The fourth-order valence-electron chi connectivity index (χ4n) is 3.03. The molecule has 0 saturated heterocycles. The number of rotatable bonds is 4. The Morgan fingerprint density at radius 3 is 1.38 bits per heavy atom. The Bertz CT molecular complexity index is 1080. The van der Waals surface area contributed by atoms with E-state index in [1.807, 2.05) is 70.6 Å². The van der Waals surface area contributed by atoms with Crippen LogP contribution in [0.1, 0.15) is 22.3 Å². The number of hydrogen-bond donors (Lipinski definition) is 0. The van der Waals surface area contributed by atoms with Gasteiger partial charge in [0.05, 0.1) is 0 Å². The van der Waals surface area contributed by atoms with Crippen molar-refractivity contribution >= 4 is 113 Å². The van der Waals surface area contributed by atoms with E-state index in [1.165, 1.54) is 39.7 Å². The molecule has 4 aliphatic heterocycles. The standard InChI is InChI=1S/C24H18S6Se2/c1-15-11-18(4-6-20-14-30-24(32-20)22-27-9-10-28-22)16(2)12-17(15)3-5-19-13-29-23(31-19)21-25-7-8-26-21/h3-14H,1-2H3/b5-3+,6-4+. The van der Waals surface area contributed by atoms with E-state index >= 15 is 0 Å². The molecular weight excluding hydrogens is 639 g/mol. The summed E-state index contributed by atoms with van der Waals surface area (Å²) in [7, 11) is 0. The zero-order chi connectivity index (χ0) is 21.9. The quantitative estimate of drug-likeness (QED) is 0.295. The number of allylic oxidation sites excluding steroid dienone is 4. The van der Waals surface area contributed by atoms with Crippen molar-refractivity contribution in [3.8, 4) is 0 Å². The molecule has 0 fully saturated rings. The molecular formula is C24H18S6Se2. The van der Waals surface area contributed by atoms with Gasteiger partial charge < -0.3 is 0 Å². The SMILES string of the molecule is Cc1cc(/C=C/C2=CSC(=C3SC=CS3)[Se]2)c(C)cc1/C=C/C1=CSC(=C2SC=CS2)[Se]1. The molecule has 1 aromatic carbocycles. The first-order valence-electron chi connectivity index (χ1n) is 9.68. The van der Waals surface area contributed by atoms with Gasteiger partial charge >= 0.3 is 230 Å². The van der Waals surface area contributed by atoms with Crippen LogP contribution in [0.25, 0.3) is 12.2 Å². The van der Waals surface area contributed by atoms with Gasteiger partial charge in [-0.3, -0.25) is 0 Å². The number of thioether (sulfide) groups is 6. The predicted molar refractivity (Wildman–Crippen MR) is 160 cm³/mol. The molecule has 0 spiro atoms. The number of hydrogen-bond acceptors (Lipinski definition) is 6. The van der Waals surface area contributed by atoms with Gasteiger partial charge in [-0.15, -0.1) is 0 Å². The van der Waals surface area contributed by atoms with Gasteiger partial charge in [0, 0.05) is 0 Å². The number of benzene rings is 1. The first-order chi connectivity index (χ1) is 15.7. The van der Waals surface area contributed by atoms with E-state index in [-0.39, 0.29) is 0 Å². The van der Waals surface area contributed by atoms with Gasteiger partial charge in [-0.2, -0.15) is 0 Å². The molecule has 32 heavy (non-hydrogen) atoms. The molecule has 162 valence electrons. The Labute approximate surface area is 228 Å². The summed E-state index contributed by atoms with van der Waals surface area (Å²) in [5.74, 6) is 0. The van der Waals surface area contributed by atoms with E-state index in [9.17, 15) is 0 Å². The summed E-state index contributed by atoms with van der Waals surface area (Å²) in [4.78, 5) is 0. The van der Waals surface area contributed by atoms with Crippen LogP contribution in [0.5, 0.6) is 0 Å². The first kappa shape index (κ1) is 24.0.